The zero-order chi connectivity index (χ0) is 22.3. The van der Waals surface area contributed by atoms with Gasteiger partial charge in [0.1, 0.15) is 5.82 Å². The maximum Gasteiger partial charge on any atom is 0.307 e. The Bertz CT molecular complexity index is 1200. The maximum absolute atomic E-state index is 13.6. The molecule has 0 spiro atoms. The summed E-state index contributed by atoms with van der Waals surface area (Å²) in [5.41, 5.74) is 8.08. The zero-order valence-corrected chi connectivity index (χ0v) is 17.8. The molecular weight excluding hydrogens is 393 g/mol. The summed E-state index contributed by atoms with van der Waals surface area (Å²) in [5.74, 6) is -1.56. The molecule has 0 saturated carbocycles. The van der Waals surface area contributed by atoms with Crippen LogP contribution in [0.2, 0.25) is 0 Å². The molecule has 1 heterocycles. The molecule has 0 fully saturated rings. The Hall–Kier alpha value is -3.47. The molecule has 0 bridgehead atoms. The third kappa shape index (κ3) is 3.83. The lowest BCUT2D eigenvalue weighted by Crippen LogP contribution is -2.25. The Kier molecular flexibility index (Phi) is 5.36. The molecule has 3 aromatic rings. The van der Waals surface area contributed by atoms with E-state index in [0.29, 0.717) is 18.7 Å². The summed E-state index contributed by atoms with van der Waals surface area (Å²) < 4.78 is 13.6. The van der Waals surface area contributed by atoms with E-state index in [1.54, 1.807) is 11.0 Å². The second kappa shape index (κ2) is 7.99. The SMILES string of the molecule is Cc1ccc(-c2c(C)c3c(c(C)c2CC(=O)O)CN(C(=O)c2cccc(F)c2)C3)cc1. The molecule has 4 rings (SSSR count). The predicted molar refractivity (Wildman–Crippen MR) is 117 cm³/mol. The molecule has 1 aliphatic rings. The van der Waals surface area contributed by atoms with Gasteiger partial charge in [-0.25, -0.2) is 4.39 Å². The number of carbonyl (C=O) groups is 2. The molecule has 0 unspecified atom stereocenters. The van der Waals surface area contributed by atoms with Crippen LogP contribution in [0.15, 0.2) is 48.5 Å². The maximum atomic E-state index is 13.6. The fraction of sp³-hybridized carbons (Fsp3) is 0.231. The number of hydrogen-bond acceptors (Lipinski definition) is 2. The number of carboxylic acid groups (broad SMARTS) is 1. The lowest BCUT2D eigenvalue weighted by atomic mass is 9.84. The molecule has 5 heteroatoms. The van der Waals surface area contributed by atoms with Crippen molar-refractivity contribution in [3.05, 3.63) is 93.3 Å². The zero-order valence-electron chi connectivity index (χ0n) is 17.8. The molecule has 0 radical (unpaired) electrons. The van der Waals surface area contributed by atoms with E-state index in [1.807, 2.05) is 45.0 Å². The summed E-state index contributed by atoms with van der Waals surface area (Å²) in [6, 6.07) is 13.8. The van der Waals surface area contributed by atoms with Crippen LogP contribution in [0, 0.1) is 26.6 Å². The topological polar surface area (TPSA) is 57.6 Å². The van der Waals surface area contributed by atoms with Gasteiger partial charge < -0.3 is 10.0 Å². The molecule has 0 aromatic heterocycles. The third-order valence-electron chi connectivity index (χ3n) is 6.12. The summed E-state index contributed by atoms with van der Waals surface area (Å²) in [6.45, 7) is 6.75. The van der Waals surface area contributed by atoms with E-state index in [-0.39, 0.29) is 12.3 Å². The first-order valence-electron chi connectivity index (χ1n) is 10.2. The first-order valence-corrected chi connectivity index (χ1v) is 10.2. The standard InChI is InChI=1S/C26H24FNO3/c1-15-7-9-18(10-8-15)25-17(3)23-14-28(26(31)19-5-4-6-20(27)11-19)13-22(23)16(2)21(25)12-24(29)30/h4-11H,12-14H2,1-3H3,(H,29,30). The number of aliphatic carboxylic acids is 1. The smallest absolute Gasteiger partial charge is 0.307 e. The van der Waals surface area contributed by atoms with E-state index >= 15 is 0 Å². The first-order chi connectivity index (χ1) is 14.8. The number of nitrogens with zero attached hydrogens (tertiary/aromatic N) is 1. The molecule has 31 heavy (non-hydrogen) atoms. The number of benzene rings is 3. The Balaban J connectivity index is 1.81. The fourth-order valence-corrected chi connectivity index (χ4v) is 4.50. The summed E-state index contributed by atoms with van der Waals surface area (Å²) in [7, 11) is 0. The molecule has 3 aromatic carbocycles. The van der Waals surface area contributed by atoms with E-state index in [0.717, 1.165) is 44.5 Å². The second-order valence-electron chi connectivity index (χ2n) is 8.17. The van der Waals surface area contributed by atoms with Crippen LogP contribution in [0.4, 0.5) is 4.39 Å². The van der Waals surface area contributed by atoms with Gasteiger partial charge in [0.2, 0.25) is 0 Å². The van der Waals surface area contributed by atoms with E-state index in [4.69, 9.17) is 0 Å². The molecular formula is C26H24FNO3. The molecule has 158 valence electrons. The van der Waals surface area contributed by atoms with Crippen molar-refractivity contribution >= 4 is 11.9 Å². The Morgan fingerprint density at radius 1 is 0.968 bits per heavy atom. The molecule has 1 aliphatic heterocycles. The second-order valence-corrected chi connectivity index (χ2v) is 8.17. The van der Waals surface area contributed by atoms with E-state index < -0.39 is 11.8 Å². The highest BCUT2D eigenvalue weighted by Crippen LogP contribution is 2.40. The highest BCUT2D eigenvalue weighted by Gasteiger charge is 2.31. The molecule has 4 nitrogen and oxygen atoms in total. The van der Waals surface area contributed by atoms with E-state index in [9.17, 15) is 19.1 Å². The highest BCUT2D eigenvalue weighted by atomic mass is 19.1. The number of hydrogen-bond donors (Lipinski definition) is 1. The van der Waals surface area contributed by atoms with Crippen molar-refractivity contribution in [1.82, 2.24) is 4.90 Å². The number of carboxylic acids is 1. The minimum atomic E-state index is -0.887. The summed E-state index contributed by atoms with van der Waals surface area (Å²) >= 11 is 0. The Morgan fingerprint density at radius 3 is 2.23 bits per heavy atom. The van der Waals surface area contributed by atoms with Gasteiger partial charge in [0.05, 0.1) is 6.42 Å². The van der Waals surface area contributed by atoms with Crippen LogP contribution in [0.3, 0.4) is 0 Å². The number of carbonyl (C=O) groups excluding carboxylic acids is 1. The molecule has 1 amide bonds. The largest absolute Gasteiger partial charge is 0.481 e. The van der Waals surface area contributed by atoms with Crippen molar-refractivity contribution in [2.75, 3.05) is 0 Å². The van der Waals surface area contributed by atoms with Crippen LogP contribution in [-0.4, -0.2) is 21.9 Å². The monoisotopic (exact) mass is 417 g/mol. The number of amides is 1. The summed E-state index contributed by atoms with van der Waals surface area (Å²) in [5, 5.41) is 9.56. The van der Waals surface area contributed by atoms with Crippen molar-refractivity contribution in [3.8, 4) is 11.1 Å². The number of aryl methyl sites for hydroxylation is 1. The van der Waals surface area contributed by atoms with Gasteiger partial charge in [0.15, 0.2) is 0 Å². The van der Waals surface area contributed by atoms with Crippen LogP contribution in [-0.2, 0) is 24.3 Å². The first kappa shape index (κ1) is 20.8. The minimum absolute atomic E-state index is 0.0823. The van der Waals surface area contributed by atoms with Gasteiger partial charge >= 0.3 is 5.97 Å². The van der Waals surface area contributed by atoms with Crippen LogP contribution in [0.1, 0.15) is 43.7 Å². The van der Waals surface area contributed by atoms with E-state index in [2.05, 4.69) is 0 Å². The molecule has 0 saturated heterocycles. The van der Waals surface area contributed by atoms with Gasteiger partial charge in [-0.15, -0.1) is 0 Å². The predicted octanol–water partition coefficient (Wildman–Crippen LogP) is 5.20. The van der Waals surface area contributed by atoms with Gasteiger partial charge in [-0.05, 0) is 77.9 Å². The summed E-state index contributed by atoms with van der Waals surface area (Å²) in [6.07, 6.45) is -0.0823. The lowest BCUT2D eigenvalue weighted by molar-refractivity contribution is -0.136. The Morgan fingerprint density at radius 2 is 1.61 bits per heavy atom. The van der Waals surface area contributed by atoms with Crippen molar-refractivity contribution in [2.45, 2.75) is 40.3 Å². The highest BCUT2D eigenvalue weighted by molar-refractivity contribution is 5.95. The van der Waals surface area contributed by atoms with Crippen molar-refractivity contribution in [2.24, 2.45) is 0 Å². The Labute approximate surface area is 181 Å². The lowest BCUT2D eigenvalue weighted by Gasteiger charge is -2.19. The van der Waals surface area contributed by atoms with Gasteiger partial charge in [0, 0.05) is 18.7 Å². The van der Waals surface area contributed by atoms with Gasteiger partial charge in [-0.2, -0.15) is 0 Å². The van der Waals surface area contributed by atoms with Gasteiger partial charge in [0.25, 0.3) is 5.91 Å². The van der Waals surface area contributed by atoms with Crippen LogP contribution < -0.4 is 0 Å². The van der Waals surface area contributed by atoms with E-state index in [1.165, 1.54) is 18.2 Å². The average molecular weight is 417 g/mol. The minimum Gasteiger partial charge on any atom is -0.481 e. The average Bonchev–Trinajstić information content (AvgIpc) is 3.18. The van der Waals surface area contributed by atoms with Gasteiger partial charge in [-0.3, -0.25) is 9.59 Å². The third-order valence-corrected chi connectivity index (χ3v) is 6.12. The van der Waals surface area contributed by atoms with Crippen molar-refractivity contribution < 1.29 is 19.1 Å². The molecule has 1 N–H and O–H groups in total. The van der Waals surface area contributed by atoms with Gasteiger partial charge in [-0.1, -0.05) is 35.9 Å². The summed E-state index contributed by atoms with van der Waals surface area (Å²) in [4.78, 5) is 26.4. The van der Waals surface area contributed by atoms with Crippen molar-refractivity contribution in [3.63, 3.8) is 0 Å². The molecule has 0 atom stereocenters. The quantitative estimate of drug-likeness (QED) is 0.635. The van der Waals surface area contributed by atoms with Crippen LogP contribution in [0.5, 0.6) is 0 Å². The number of fused-ring (bicyclic) bond motifs is 1. The fourth-order valence-electron chi connectivity index (χ4n) is 4.50. The van der Waals surface area contributed by atoms with Crippen molar-refractivity contribution in [1.29, 1.82) is 0 Å². The molecule has 0 aliphatic carbocycles. The number of halogens is 1. The normalized spacial score (nSPS) is 12.7. The van der Waals surface area contributed by atoms with Crippen LogP contribution >= 0.6 is 0 Å². The van der Waals surface area contributed by atoms with Crippen LogP contribution in [0.25, 0.3) is 11.1 Å². The number of rotatable bonds is 4.